The number of nitrogen functional groups attached to an aromatic ring is 1. The monoisotopic (exact) mass is 244 g/mol. The third-order valence-corrected chi connectivity index (χ3v) is 3.96. The Hall–Kier alpha value is -1.58. The van der Waals surface area contributed by atoms with Crippen molar-refractivity contribution in [2.75, 3.05) is 5.73 Å². The van der Waals surface area contributed by atoms with Crippen molar-refractivity contribution in [1.82, 2.24) is 14.5 Å². The highest BCUT2D eigenvalue weighted by atomic mass is 15.1. The van der Waals surface area contributed by atoms with Crippen LogP contribution in [0.5, 0.6) is 0 Å². The summed E-state index contributed by atoms with van der Waals surface area (Å²) in [6, 6.07) is 0.519. The third kappa shape index (κ3) is 1.44. The second kappa shape index (κ2) is 3.97. The van der Waals surface area contributed by atoms with Gasteiger partial charge in [-0.3, -0.25) is 0 Å². The Morgan fingerprint density at radius 1 is 1.39 bits per heavy atom. The second-order valence-electron chi connectivity index (χ2n) is 5.29. The summed E-state index contributed by atoms with van der Waals surface area (Å²) in [5.74, 6) is 1.75. The van der Waals surface area contributed by atoms with Crippen molar-refractivity contribution in [3.8, 4) is 0 Å². The van der Waals surface area contributed by atoms with Crippen molar-refractivity contribution < 1.29 is 0 Å². The lowest BCUT2D eigenvalue weighted by molar-refractivity contribution is 0.480. The first kappa shape index (κ1) is 11.5. The summed E-state index contributed by atoms with van der Waals surface area (Å²) in [5.41, 5.74) is 10.6. The van der Waals surface area contributed by atoms with Gasteiger partial charge in [-0.25, -0.2) is 9.97 Å². The fourth-order valence-corrected chi connectivity index (χ4v) is 3.07. The molecule has 0 amide bonds. The molecule has 18 heavy (non-hydrogen) atoms. The molecular formula is C14H20N4. The molecule has 4 nitrogen and oxygen atoms in total. The molecule has 0 radical (unpaired) electrons. The van der Waals surface area contributed by atoms with E-state index in [-0.39, 0.29) is 0 Å². The predicted octanol–water partition coefficient (Wildman–Crippen LogP) is 2.78. The van der Waals surface area contributed by atoms with Gasteiger partial charge in [0.2, 0.25) is 0 Å². The minimum atomic E-state index is 0.519. The topological polar surface area (TPSA) is 56.7 Å². The highest BCUT2D eigenvalue weighted by molar-refractivity contribution is 5.89. The molecule has 0 fully saturated rings. The Kier molecular flexibility index (Phi) is 2.54. The number of anilines is 1. The fourth-order valence-electron chi connectivity index (χ4n) is 3.07. The number of aromatic nitrogens is 3. The molecule has 4 heteroatoms. The molecule has 0 bridgehead atoms. The molecule has 0 saturated carbocycles. The van der Waals surface area contributed by atoms with Gasteiger partial charge in [-0.15, -0.1) is 0 Å². The van der Waals surface area contributed by atoms with Crippen LogP contribution in [0.25, 0.3) is 11.0 Å². The summed E-state index contributed by atoms with van der Waals surface area (Å²) in [6.45, 7) is 6.51. The largest absolute Gasteiger partial charge is 0.382 e. The molecule has 1 aliphatic rings. The Bertz CT molecular complexity index is 612. The Morgan fingerprint density at radius 3 is 2.89 bits per heavy atom. The Morgan fingerprint density at radius 2 is 2.17 bits per heavy atom. The van der Waals surface area contributed by atoms with Crippen LogP contribution < -0.4 is 5.73 Å². The first-order chi connectivity index (χ1) is 8.63. The summed E-state index contributed by atoms with van der Waals surface area (Å²) in [4.78, 5) is 9.19. The van der Waals surface area contributed by atoms with Crippen LogP contribution in [0.15, 0.2) is 0 Å². The number of rotatable bonds is 2. The van der Waals surface area contributed by atoms with Gasteiger partial charge in [0, 0.05) is 18.2 Å². The van der Waals surface area contributed by atoms with Crippen molar-refractivity contribution in [1.29, 1.82) is 0 Å². The van der Waals surface area contributed by atoms with Crippen LogP contribution in [0.3, 0.4) is 0 Å². The summed E-state index contributed by atoms with van der Waals surface area (Å²) < 4.78 is 2.39. The smallest absolute Gasteiger partial charge is 0.151 e. The molecule has 0 spiro atoms. The second-order valence-corrected chi connectivity index (χ2v) is 5.29. The zero-order chi connectivity index (χ0) is 12.9. The molecule has 96 valence electrons. The molecule has 0 aliphatic carbocycles. The van der Waals surface area contributed by atoms with Crippen LogP contribution in [0.2, 0.25) is 0 Å². The molecule has 0 aromatic carbocycles. The van der Waals surface area contributed by atoms with E-state index in [1.807, 2.05) is 0 Å². The zero-order valence-corrected chi connectivity index (χ0v) is 11.3. The fraction of sp³-hybridized carbons (Fsp3) is 0.571. The van der Waals surface area contributed by atoms with E-state index in [0.717, 1.165) is 30.5 Å². The molecule has 3 rings (SSSR count). The van der Waals surface area contributed by atoms with Gasteiger partial charge in [0.1, 0.15) is 11.3 Å². The maximum absolute atomic E-state index is 6.04. The number of pyridine rings is 1. The number of nitrogens with zero attached hydrogens (tertiary/aromatic N) is 3. The molecular weight excluding hydrogens is 224 g/mol. The van der Waals surface area contributed by atoms with E-state index in [4.69, 9.17) is 10.7 Å². The van der Waals surface area contributed by atoms with Crippen molar-refractivity contribution in [2.24, 2.45) is 0 Å². The molecule has 2 N–H and O–H groups in total. The van der Waals surface area contributed by atoms with Gasteiger partial charge in [0.25, 0.3) is 0 Å². The number of imidazole rings is 1. The van der Waals surface area contributed by atoms with Gasteiger partial charge >= 0.3 is 0 Å². The first-order valence-electron chi connectivity index (χ1n) is 6.79. The minimum Gasteiger partial charge on any atom is -0.382 e. The quantitative estimate of drug-likeness (QED) is 0.883. The van der Waals surface area contributed by atoms with Crippen molar-refractivity contribution >= 4 is 16.9 Å². The molecule has 0 saturated heterocycles. The zero-order valence-electron chi connectivity index (χ0n) is 11.3. The van der Waals surface area contributed by atoms with Gasteiger partial charge in [-0.05, 0) is 38.7 Å². The van der Waals surface area contributed by atoms with Crippen molar-refractivity contribution in [3.05, 3.63) is 17.1 Å². The maximum atomic E-state index is 6.04. The number of nitrogens with two attached hydrogens (primary N) is 1. The van der Waals surface area contributed by atoms with Gasteiger partial charge in [0.05, 0.1) is 5.52 Å². The average molecular weight is 244 g/mol. The highest BCUT2D eigenvalue weighted by Gasteiger charge is 2.25. The summed E-state index contributed by atoms with van der Waals surface area (Å²) in [5, 5.41) is 0. The highest BCUT2D eigenvalue weighted by Crippen LogP contribution is 2.35. The van der Waals surface area contributed by atoms with Crippen LogP contribution in [0.1, 0.15) is 49.8 Å². The Labute approximate surface area is 107 Å². The van der Waals surface area contributed by atoms with Gasteiger partial charge in [-0.2, -0.15) is 0 Å². The van der Waals surface area contributed by atoms with Crippen molar-refractivity contribution in [2.45, 2.75) is 52.5 Å². The van der Waals surface area contributed by atoms with Crippen LogP contribution in [-0.2, 0) is 12.8 Å². The number of hydrogen-bond donors (Lipinski definition) is 1. The lowest BCUT2D eigenvalue weighted by Gasteiger charge is -2.24. The minimum absolute atomic E-state index is 0.519. The lowest BCUT2D eigenvalue weighted by Crippen LogP contribution is -2.17. The third-order valence-electron chi connectivity index (χ3n) is 3.96. The lowest BCUT2D eigenvalue weighted by atomic mass is 9.98. The number of hydrogen-bond acceptors (Lipinski definition) is 3. The Balaban J connectivity index is 2.39. The summed E-state index contributed by atoms with van der Waals surface area (Å²) in [7, 11) is 0. The van der Waals surface area contributed by atoms with E-state index < -0.39 is 0 Å². The predicted molar refractivity (Wildman–Crippen MR) is 73.7 cm³/mol. The van der Waals surface area contributed by atoms with Gasteiger partial charge in [-0.1, -0.05) is 6.92 Å². The molecule has 1 unspecified atom stereocenters. The van der Waals surface area contributed by atoms with E-state index >= 15 is 0 Å². The van der Waals surface area contributed by atoms with Crippen molar-refractivity contribution in [3.63, 3.8) is 0 Å². The van der Waals surface area contributed by atoms with Crippen LogP contribution in [-0.4, -0.2) is 14.5 Å². The summed E-state index contributed by atoms with van der Waals surface area (Å²) >= 11 is 0. The number of aryl methyl sites for hydroxylation is 3. The van der Waals surface area contributed by atoms with Crippen LogP contribution in [0.4, 0.5) is 5.82 Å². The van der Waals surface area contributed by atoms with Crippen LogP contribution >= 0.6 is 0 Å². The van der Waals surface area contributed by atoms with E-state index in [1.165, 1.54) is 23.3 Å². The standard InChI is InChI=1S/C14H20N4/c1-4-5-11-17-12-13-10(9(3)16-14(12)15)7-6-8(2)18(11)13/h8H,4-7H2,1-3H3,(H2,15,16). The van der Waals surface area contributed by atoms with Gasteiger partial charge in [0.15, 0.2) is 5.82 Å². The van der Waals surface area contributed by atoms with E-state index in [2.05, 4.69) is 30.3 Å². The average Bonchev–Trinajstić information content (AvgIpc) is 2.70. The normalized spacial score (nSPS) is 18.5. The van der Waals surface area contributed by atoms with E-state index in [9.17, 15) is 0 Å². The maximum Gasteiger partial charge on any atom is 0.151 e. The van der Waals surface area contributed by atoms with Gasteiger partial charge < -0.3 is 10.3 Å². The summed E-state index contributed by atoms with van der Waals surface area (Å²) in [6.07, 6.45) is 4.38. The van der Waals surface area contributed by atoms with E-state index in [0.29, 0.717) is 11.9 Å². The van der Waals surface area contributed by atoms with E-state index in [1.54, 1.807) is 0 Å². The first-order valence-corrected chi connectivity index (χ1v) is 6.79. The molecule has 2 aromatic rings. The molecule has 1 atom stereocenters. The molecule has 3 heterocycles. The SMILES string of the molecule is CCCc1nc2c(N)nc(C)c3c2n1C(C)CC3. The van der Waals surface area contributed by atoms with Crippen LogP contribution in [0, 0.1) is 6.92 Å². The molecule has 1 aliphatic heterocycles. The molecule has 2 aromatic heterocycles.